The highest BCUT2D eigenvalue weighted by molar-refractivity contribution is 6.13. The van der Waals surface area contributed by atoms with Crippen LogP contribution in [0.15, 0.2) is 17.3 Å². The first-order valence-electron chi connectivity index (χ1n) is 8.72. The van der Waals surface area contributed by atoms with Crippen molar-refractivity contribution in [3.8, 4) is 0 Å². The molecule has 1 rings (SSSR count). The van der Waals surface area contributed by atoms with Crippen molar-refractivity contribution < 1.29 is 28.8 Å². The first-order valence-corrected chi connectivity index (χ1v) is 8.72. The number of carbonyl (C=O) groups is 4. The SMILES string of the molecule is CC(C)ON=CCNC(=O)CCOCCNC(=O)CCN1C(=O)C=CC1=O. The highest BCUT2D eigenvalue weighted by Crippen LogP contribution is 2.03. The lowest BCUT2D eigenvalue weighted by Gasteiger charge is -2.13. The molecule has 0 fully saturated rings. The maximum Gasteiger partial charge on any atom is 0.253 e. The normalized spacial score (nSPS) is 13.7. The standard InChI is InChI=1S/C17H26N4O6/c1-13(2)27-20-8-7-18-15(23)6-11-26-12-9-19-14(22)5-10-21-16(24)3-4-17(21)25/h3-4,8,13H,5-7,9-12H2,1-2H3,(H,18,23)(H,19,22). The summed E-state index contributed by atoms with van der Waals surface area (Å²) in [7, 11) is 0. The van der Waals surface area contributed by atoms with Crippen molar-refractivity contribution in [3.05, 3.63) is 12.2 Å². The van der Waals surface area contributed by atoms with Gasteiger partial charge in [0.1, 0.15) is 6.10 Å². The molecule has 150 valence electrons. The lowest BCUT2D eigenvalue weighted by molar-refractivity contribution is -0.137. The number of nitrogens with zero attached hydrogens (tertiary/aromatic N) is 2. The predicted octanol–water partition coefficient (Wildman–Crippen LogP) is -0.649. The van der Waals surface area contributed by atoms with Gasteiger partial charge < -0.3 is 20.2 Å². The van der Waals surface area contributed by atoms with Crippen LogP contribution in [0.25, 0.3) is 0 Å². The van der Waals surface area contributed by atoms with Crippen molar-refractivity contribution in [2.75, 3.05) is 32.8 Å². The minimum Gasteiger partial charge on any atom is -0.393 e. The van der Waals surface area contributed by atoms with Gasteiger partial charge in [-0.3, -0.25) is 24.1 Å². The summed E-state index contributed by atoms with van der Waals surface area (Å²) < 4.78 is 5.26. The van der Waals surface area contributed by atoms with E-state index in [0.717, 1.165) is 4.90 Å². The smallest absolute Gasteiger partial charge is 0.253 e. The largest absolute Gasteiger partial charge is 0.393 e. The van der Waals surface area contributed by atoms with Gasteiger partial charge in [-0.2, -0.15) is 0 Å². The monoisotopic (exact) mass is 382 g/mol. The molecule has 10 nitrogen and oxygen atoms in total. The lowest BCUT2D eigenvalue weighted by Crippen LogP contribution is -2.35. The third-order valence-electron chi connectivity index (χ3n) is 3.24. The van der Waals surface area contributed by atoms with E-state index in [-0.39, 0.29) is 63.6 Å². The fourth-order valence-corrected chi connectivity index (χ4v) is 1.93. The Labute approximate surface area is 157 Å². The second-order valence-electron chi connectivity index (χ2n) is 5.87. The zero-order valence-electron chi connectivity index (χ0n) is 15.6. The molecule has 0 spiro atoms. The Morgan fingerprint density at radius 1 is 1.11 bits per heavy atom. The number of rotatable bonds is 13. The van der Waals surface area contributed by atoms with Gasteiger partial charge in [0.15, 0.2) is 0 Å². The molecule has 0 bridgehead atoms. The summed E-state index contributed by atoms with van der Waals surface area (Å²) in [5.41, 5.74) is 0. The van der Waals surface area contributed by atoms with Crippen LogP contribution in [-0.2, 0) is 28.8 Å². The minimum atomic E-state index is -0.409. The molecule has 10 heteroatoms. The molecule has 0 saturated carbocycles. The van der Waals surface area contributed by atoms with Crippen molar-refractivity contribution in [3.63, 3.8) is 0 Å². The Bertz CT molecular complexity index is 570. The van der Waals surface area contributed by atoms with Crippen LogP contribution in [-0.4, -0.2) is 73.7 Å². The molecular weight excluding hydrogens is 356 g/mol. The van der Waals surface area contributed by atoms with E-state index in [2.05, 4.69) is 15.8 Å². The summed E-state index contributed by atoms with van der Waals surface area (Å²) in [6, 6.07) is 0. The fraction of sp³-hybridized carbons (Fsp3) is 0.588. The maximum absolute atomic E-state index is 11.6. The average molecular weight is 382 g/mol. The van der Waals surface area contributed by atoms with Gasteiger partial charge in [0.05, 0.1) is 26.0 Å². The van der Waals surface area contributed by atoms with Crippen LogP contribution < -0.4 is 10.6 Å². The van der Waals surface area contributed by atoms with Gasteiger partial charge in [-0.25, -0.2) is 0 Å². The third-order valence-corrected chi connectivity index (χ3v) is 3.24. The number of nitrogens with one attached hydrogen (secondary N) is 2. The number of oxime groups is 1. The predicted molar refractivity (Wildman–Crippen MR) is 96.6 cm³/mol. The molecule has 0 aliphatic carbocycles. The number of carbonyl (C=O) groups excluding carboxylic acids is 4. The zero-order chi connectivity index (χ0) is 20.1. The molecule has 0 aromatic carbocycles. The molecule has 0 aromatic rings. The van der Waals surface area contributed by atoms with Crippen molar-refractivity contribution in [1.82, 2.24) is 15.5 Å². The lowest BCUT2D eigenvalue weighted by atomic mass is 10.3. The van der Waals surface area contributed by atoms with E-state index in [1.807, 2.05) is 13.8 Å². The molecule has 4 amide bonds. The summed E-state index contributed by atoms with van der Waals surface area (Å²) >= 11 is 0. The Balaban J connectivity index is 1.96. The van der Waals surface area contributed by atoms with Gasteiger partial charge in [-0.15, -0.1) is 0 Å². The number of hydrogen-bond donors (Lipinski definition) is 2. The number of imide groups is 1. The molecular formula is C17H26N4O6. The summed E-state index contributed by atoms with van der Waals surface area (Å²) in [5.74, 6) is -1.28. The van der Waals surface area contributed by atoms with Gasteiger partial charge in [0.25, 0.3) is 11.8 Å². The molecule has 2 N–H and O–H groups in total. The number of hydrogen-bond acceptors (Lipinski definition) is 7. The van der Waals surface area contributed by atoms with Crippen LogP contribution in [0.3, 0.4) is 0 Å². The molecule has 27 heavy (non-hydrogen) atoms. The van der Waals surface area contributed by atoms with Crippen LogP contribution in [0.4, 0.5) is 0 Å². The highest BCUT2D eigenvalue weighted by atomic mass is 16.6. The van der Waals surface area contributed by atoms with Gasteiger partial charge in [0, 0.05) is 38.1 Å². The second kappa shape index (κ2) is 12.6. The Kier molecular flexibility index (Phi) is 10.4. The molecule has 0 unspecified atom stereocenters. The van der Waals surface area contributed by atoms with E-state index >= 15 is 0 Å². The van der Waals surface area contributed by atoms with Crippen molar-refractivity contribution in [2.45, 2.75) is 32.8 Å². The van der Waals surface area contributed by atoms with Crippen LogP contribution in [0, 0.1) is 0 Å². The highest BCUT2D eigenvalue weighted by Gasteiger charge is 2.23. The van der Waals surface area contributed by atoms with Crippen molar-refractivity contribution in [2.24, 2.45) is 5.16 Å². The first kappa shape index (κ1) is 22.3. The maximum atomic E-state index is 11.6. The Morgan fingerprint density at radius 3 is 2.44 bits per heavy atom. The van der Waals surface area contributed by atoms with Crippen LogP contribution >= 0.6 is 0 Å². The molecule has 0 atom stereocenters. The first-order chi connectivity index (χ1) is 12.9. The van der Waals surface area contributed by atoms with Gasteiger partial charge in [-0.1, -0.05) is 5.16 Å². The van der Waals surface area contributed by atoms with Gasteiger partial charge in [-0.05, 0) is 13.8 Å². The topological polar surface area (TPSA) is 126 Å². The zero-order valence-corrected chi connectivity index (χ0v) is 15.6. The number of amides is 4. The molecule has 0 aromatic heterocycles. The van der Waals surface area contributed by atoms with Gasteiger partial charge in [0.2, 0.25) is 11.8 Å². The minimum absolute atomic E-state index is 0.00643. The van der Waals surface area contributed by atoms with E-state index in [1.54, 1.807) is 0 Å². The fourth-order valence-electron chi connectivity index (χ4n) is 1.93. The molecule has 1 aliphatic rings. The quantitative estimate of drug-likeness (QED) is 0.189. The molecule has 0 radical (unpaired) electrons. The van der Waals surface area contributed by atoms with Crippen molar-refractivity contribution in [1.29, 1.82) is 0 Å². The summed E-state index contributed by atoms with van der Waals surface area (Å²) in [5, 5.41) is 8.92. The molecule has 1 aliphatic heterocycles. The summed E-state index contributed by atoms with van der Waals surface area (Å²) in [6.45, 7) is 4.78. The average Bonchev–Trinajstić information content (AvgIpc) is 2.93. The van der Waals surface area contributed by atoms with E-state index < -0.39 is 11.8 Å². The van der Waals surface area contributed by atoms with E-state index in [1.165, 1.54) is 18.4 Å². The van der Waals surface area contributed by atoms with E-state index in [4.69, 9.17) is 9.57 Å². The second-order valence-corrected chi connectivity index (χ2v) is 5.87. The Hall–Kier alpha value is -2.75. The van der Waals surface area contributed by atoms with E-state index in [0.29, 0.717) is 0 Å². The summed E-state index contributed by atoms with van der Waals surface area (Å²) in [4.78, 5) is 51.8. The third kappa shape index (κ3) is 10.1. The van der Waals surface area contributed by atoms with Gasteiger partial charge >= 0.3 is 0 Å². The van der Waals surface area contributed by atoms with Crippen LogP contribution in [0.1, 0.15) is 26.7 Å². The summed E-state index contributed by atoms with van der Waals surface area (Å²) in [6.07, 6.45) is 4.04. The van der Waals surface area contributed by atoms with Crippen molar-refractivity contribution >= 4 is 29.8 Å². The Morgan fingerprint density at radius 2 is 1.78 bits per heavy atom. The number of ether oxygens (including phenoxy) is 1. The van der Waals surface area contributed by atoms with Crippen LogP contribution in [0.2, 0.25) is 0 Å². The van der Waals surface area contributed by atoms with Crippen LogP contribution in [0.5, 0.6) is 0 Å². The van der Waals surface area contributed by atoms with E-state index in [9.17, 15) is 19.2 Å². The molecule has 0 saturated heterocycles. The molecule has 1 heterocycles.